The van der Waals surface area contributed by atoms with Crippen LogP contribution in [0.1, 0.15) is 13.3 Å². The van der Waals surface area contributed by atoms with Crippen molar-refractivity contribution < 1.29 is 4.39 Å². The maximum absolute atomic E-state index is 13.3. The third kappa shape index (κ3) is 1.97. The minimum Gasteiger partial charge on any atom is -0.344 e. The summed E-state index contributed by atoms with van der Waals surface area (Å²) in [6.45, 7) is 2.21. The fourth-order valence-corrected chi connectivity index (χ4v) is 1.81. The van der Waals surface area contributed by atoms with Crippen molar-refractivity contribution in [1.82, 2.24) is 9.55 Å². The number of halogens is 2. The standard InChI is InChI=1S/C11H12ClFN2/c1-2-8(13)7-15-6-4-9-10(15)3-5-14-11(9)12/h3-6,8H,2,7H2,1H3. The van der Waals surface area contributed by atoms with Crippen LogP contribution in [-0.4, -0.2) is 15.7 Å². The van der Waals surface area contributed by atoms with Gasteiger partial charge in [0.1, 0.15) is 11.3 Å². The van der Waals surface area contributed by atoms with Crippen LogP contribution >= 0.6 is 11.6 Å². The molecule has 0 radical (unpaired) electrons. The Morgan fingerprint density at radius 2 is 2.33 bits per heavy atom. The normalized spacial score (nSPS) is 13.3. The van der Waals surface area contributed by atoms with E-state index in [4.69, 9.17) is 11.6 Å². The molecular formula is C11H12ClFN2. The summed E-state index contributed by atoms with van der Waals surface area (Å²) in [5.74, 6) is 0. The van der Waals surface area contributed by atoms with Gasteiger partial charge in [0.15, 0.2) is 0 Å². The summed E-state index contributed by atoms with van der Waals surface area (Å²) in [7, 11) is 0. The van der Waals surface area contributed by atoms with Crippen molar-refractivity contribution in [3.63, 3.8) is 0 Å². The Bertz CT molecular complexity index is 467. The van der Waals surface area contributed by atoms with Gasteiger partial charge in [-0.25, -0.2) is 9.37 Å². The molecule has 0 bridgehead atoms. The van der Waals surface area contributed by atoms with Gasteiger partial charge in [-0.2, -0.15) is 0 Å². The molecule has 0 N–H and O–H groups in total. The molecule has 0 spiro atoms. The summed E-state index contributed by atoms with van der Waals surface area (Å²) in [4.78, 5) is 3.98. The number of hydrogen-bond acceptors (Lipinski definition) is 1. The van der Waals surface area contributed by atoms with Crippen LogP contribution in [0.5, 0.6) is 0 Å². The first-order chi connectivity index (χ1) is 7.22. The lowest BCUT2D eigenvalue weighted by Crippen LogP contribution is -2.09. The van der Waals surface area contributed by atoms with E-state index in [2.05, 4.69) is 4.98 Å². The molecule has 0 saturated heterocycles. The van der Waals surface area contributed by atoms with E-state index in [1.165, 1.54) is 0 Å². The second-order valence-electron chi connectivity index (χ2n) is 3.51. The van der Waals surface area contributed by atoms with E-state index in [9.17, 15) is 4.39 Å². The van der Waals surface area contributed by atoms with Gasteiger partial charge in [0.2, 0.25) is 0 Å². The number of rotatable bonds is 3. The molecule has 2 nitrogen and oxygen atoms in total. The molecule has 0 fully saturated rings. The molecule has 80 valence electrons. The highest BCUT2D eigenvalue weighted by Crippen LogP contribution is 2.22. The molecule has 15 heavy (non-hydrogen) atoms. The molecule has 2 rings (SSSR count). The first kappa shape index (κ1) is 10.4. The molecule has 0 aliphatic rings. The van der Waals surface area contributed by atoms with E-state index in [-0.39, 0.29) is 0 Å². The van der Waals surface area contributed by atoms with Gasteiger partial charge in [-0.3, -0.25) is 0 Å². The SMILES string of the molecule is CCC(F)Cn1ccc2c(Cl)nccc21. The van der Waals surface area contributed by atoms with Crippen molar-refractivity contribution in [2.45, 2.75) is 26.1 Å². The number of hydrogen-bond donors (Lipinski definition) is 0. The van der Waals surface area contributed by atoms with Gasteiger partial charge >= 0.3 is 0 Å². The molecule has 0 aliphatic heterocycles. The van der Waals surface area contributed by atoms with Crippen molar-refractivity contribution in [2.24, 2.45) is 0 Å². The van der Waals surface area contributed by atoms with Gasteiger partial charge in [-0.05, 0) is 18.6 Å². The third-order valence-corrected chi connectivity index (χ3v) is 2.79. The maximum Gasteiger partial charge on any atom is 0.138 e. The average molecular weight is 227 g/mol. The van der Waals surface area contributed by atoms with Crippen LogP contribution in [0.15, 0.2) is 24.5 Å². The lowest BCUT2D eigenvalue weighted by Gasteiger charge is -2.08. The van der Waals surface area contributed by atoms with E-state index in [1.54, 1.807) is 6.20 Å². The zero-order valence-corrected chi connectivity index (χ0v) is 9.21. The molecule has 4 heteroatoms. The molecule has 2 aromatic heterocycles. The van der Waals surface area contributed by atoms with Gasteiger partial charge in [-0.1, -0.05) is 18.5 Å². The van der Waals surface area contributed by atoms with Crippen molar-refractivity contribution >= 4 is 22.5 Å². The summed E-state index contributed by atoms with van der Waals surface area (Å²) in [5, 5.41) is 1.35. The summed E-state index contributed by atoms with van der Waals surface area (Å²) >= 11 is 5.92. The lowest BCUT2D eigenvalue weighted by atomic mass is 10.3. The summed E-state index contributed by atoms with van der Waals surface area (Å²) < 4.78 is 15.1. The number of nitrogens with zero attached hydrogens (tertiary/aromatic N) is 2. The van der Waals surface area contributed by atoms with Gasteiger partial charge in [-0.15, -0.1) is 0 Å². The molecule has 1 atom stereocenters. The zero-order chi connectivity index (χ0) is 10.8. The number of alkyl halides is 1. The second-order valence-corrected chi connectivity index (χ2v) is 3.87. The quantitative estimate of drug-likeness (QED) is 0.734. The number of fused-ring (bicyclic) bond motifs is 1. The van der Waals surface area contributed by atoms with Crippen molar-refractivity contribution in [3.8, 4) is 0 Å². The highest BCUT2D eigenvalue weighted by Gasteiger charge is 2.08. The molecule has 1 unspecified atom stereocenters. The molecular weight excluding hydrogens is 215 g/mol. The van der Waals surface area contributed by atoms with Crippen molar-refractivity contribution in [3.05, 3.63) is 29.7 Å². The van der Waals surface area contributed by atoms with E-state index in [1.807, 2.05) is 29.8 Å². The van der Waals surface area contributed by atoms with Gasteiger partial charge in [0, 0.05) is 17.8 Å². The number of pyridine rings is 1. The Balaban J connectivity index is 2.41. The summed E-state index contributed by atoms with van der Waals surface area (Å²) in [5.41, 5.74) is 0.936. The van der Waals surface area contributed by atoms with E-state index < -0.39 is 6.17 Å². The first-order valence-corrected chi connectivity index (χ1v) is 5.33. The van der Waals surface area contributed by atoms with Gasteiger partial charge in [0.25, 0.3) is 0 Å². The van der Waals surface area contributed by atoms with Crippen LogP contribution in [0.2, 0.25) is 5.15 Å². The fourth-order valence-electron chi connectivity index (χ4n) is 1.59. The van der Waals surface area contributed by atoms with Crippen molar-refractivity contribution in [2.75, 3.05) is 0 Å². The first-order valence-electron chi connectivity index (χ1n) is 4.95. The highest BCUT2D eigenvalue weighted by molar-refractivity contribution is 6.34. The van der Waals surface area contributed by atoms with Crippen molar-refractivity contribution in [1.29, 1.82) is 0 Å². The Hall–Kier alpha value is -1.09. The predicted octanol–water partition coefficient (Wildman–Crippen LogP) is 3.44. The Morgan fingerprint density at radius 1 is 1.53 bits per heavy atom. The van der Waals surface area contributed by atoms with Crippen LogP contribution in [0.25, 0.3) is 10.9 Å². The minimum atomic E-state index is -0.812. The predicted molar refractivity (Wildman–Crippen MR) is 59.9 cm³/mol. The largest absolute Gasteiger partial charge is 0.344 e. The fraction of sp³-hybridized carbons (Fsp3) is 0.364. The molecule has 0 aromatic carbocycles. The maximum atomic E-state index is 13.3. The minimum absolute atomic E-state index is 0.375. The molecule has 0 amide bonds. The zero-order valence-electron chi connectivity index (χ0n) is 8.45. The Kier molecular flexibility index (Phi) is 2.91. The monoisotopic (exact) mass is 226 g/mol. The van der Waals surface area contributed by atoms with Crippen LogP contribution in [0.3, 0.4) is 0 Å². The summed E-state index contributed by atoms with van der Waals surface area (Å²) in [6.07, 6.45) is 3.20. The molecule has 0 aliphatic carbocycles. The van der Waals surface area contributed by atoms with Crippen LogP contribution in [0, 0.1) is 0 Å². The smallest absolute Gasteiger partial charge is 0.138 e. The van der Waals surface area contributed by atoms with E-state index >= 15 is 0 Å². The van der Waals surface area contributed by atoms with Crippen LogP contribution in [0.4, 0.5) is 4.39 Å². The molecule has 2 heterocycles. The van der Waals surface area contributed by atoms with E-state index in [0.717, 1.165) is 10.9 Å². The molecule has 2 aromatic rings. The van der Waals surface area contributed by atoms with Crippen LogP contribution in [-0.2, 0) is 6.54 Å². The molecule has 0 saturated carbocycles. The van der Waals surface area contributed by atoms with Gasteiger partial charge in [0.05, 0.1) is 12.1 Å². The van der Waals surface area contributed by atoms with Gasteiger partial charge < -0.3 is 4.57 Å². The lowest BCUT2D eigenvalue weighted by molar-refractivity contribution is 0.290. The van der Waals surface area contributed by atoms with Crippen LogP contribution < -0.4 is 0 Å². The third-order valence-electron chi connectivity index (χ3n) is 2.49. The average Bonchev–Trinajstić information content (AvgIpc) is 2.63. The highest BCUT2D eigenvalue weighted by atomic mass is 35.5. The Morgan fingerprint density at radius 3 is 3.07 bits per heavy atom. The summed E-state index contributed by atoms with van der Waals surface area (Å²) in [6, 6.07) is 3.72. The second kappa shape index (κ2) is 4.19. The number of aromatic nitrogens is 2. The topological polar surface area (TPSA) is 17.8 Å². The Labute approximate surface area is 92.7 Å². The van der Waals surface area contributed by atoms with E-state index in [0.29, 0.717) is 18.1 Å².